The average molecular weight is 418 g/mol. The summed E-state index contributed by atoms with van der Waals surface area (Å²) in [5.41, 5.74) is 4.33. The second kappa shape index (κ2) is 10.2. The fraction of sp³-hybridized carbons (Fsp3) is 0.208. The van der Waals surface area contributed by atoms with Crippen LogP contribution in [0.1, 0.15) is 27.2 Å². The molecular weight excluding hydrogens is 392 g/mol. The predicted molar refractivity (Wildman–Crippen MR) is 122 cm³/mol. The SMILES string of the molecule is COc1cc(OC)cc(C(=O)NC(=NCc2ccccn2)Nc2ccc(C)c(C)c2)c1. The van der Waals surface area contributed by atoms with Crippen LogP contribution in [0.15, 0.2) is 65.8 Å². The summed E-state index contributed by atoms with van der Waals surface area (Å²) in [4.78, 5) is 21.8. The molecule has 3 rings (SSSR count). The largest absolute Gasteiger partial charge is 0.497 e. The molecule has 0 aliphatic rings. The Balaban J connectivity index is 1.86. The summed E-state index contributed by atoms with van der Waals surface area (Å²) in [6.07, 6.45) is 1.71. The van der Waals surface area contributed by atoms with Crippen molar-refractivity contribution < 1.29 is 14.3 Å². The lowest BCUT2D eigenvalue weighted by molar-refractivity contribution is 0.0976. The third kappa shape index (κ3) is 6.05. The average Bonchev–Trinajstić information content (AvgIpc) is 2.80. The van der Waals surface area contributed by atoms with E-state index < -0.39 is 0 Å². The number of hydrogen-bond acceptors (Lipinski definition) is 5. The first-order valence-electron chi connectivity index (χ1n) is 9.81. The molecule has 0 spiro atoms. The molecule has 3 aromatic rings. The van der Waals surface area contributed by atoms with Crippen LogP contribution >= 0.6 is 0 Å². The van der Waals surface area contributed by atoms with Crippen LogP contribution in [-0.2, 0) is 6.54 Å². The van der Waals surface area contributed by atoms with Gasteiger partial charge in [0.1, 0.15) is 11.5 Å². The highest BCUT2D eigenvalue weighted by molar-refractivity contribution is 6.10. The number of pyridine rings is 1. The van der Waals surface area contributed by atoms with Gasteiger partial charge in [-0.15, -0.1) is 0 Å². The van der Waals surface area contributed by atoms with Gasteiger partial charge in [-0.3, -0.25) is 15.1 Å². The van der Waals surface area contributed by atoms with Crippen LogP contribution in [0.3, 0.4) is 0 Å². The van der Waals surface area contributed by atoms with Gasteiger partial charge in [0.15, 0.2) is 0 Å². The van der Waals surface area contributed by atoms with Gasteiger partial charge in [0.25, 0.3) is 5.91 Å². The number of carbonyl (C=O) groups excluding carboxylic acids is 1. The zero-order chi connectivity index (χ0) is 22.2. The highest BCUT2D eigenvalue weighted by Gasteiger charge is 2.13. The maximum atomic E-state index is 13.0. The molecule has 1 heterocycles. The van der Waals surface area contributed by atoms with Gasteiger partial charge >= 0.3 is 0 Å². The van der Waals surface area contributed by atoms with Gasteiger partial charge in [-0.25, -0.2) is 4.99 Å². The van der Waals surface area contributed by atoms with Crippen LogP contribution in [0, 0.1) is 13.8 Å². The summed E-state index contributed by atoms with van der Waals surface area (Å²) in [6, 6.07) is 16.6. The van der Waals surface area contributed by atoms with E-state index in [1.165, 1.54) is 19.8 Å². The molecule has 0 bridgehead atoms. The molecular formula is C24H26N4O3. The first kappa shape index (κ1) is 21.8. The second-order valence-corrected chi connectivity index (χ2v) is 6.97. The summed E-state index contributed by atoms with van der Waals surface area (Å²) in [5.74, 6) is 1.03. The fourth-order valence-electron chi connectivity index (χ4n) is 2.84. The number of nitrogens with one attached hydrogen (secondary N) is 2. The first-order chi connectivity index (χ1) is 15.0. The number of aryl methyl sites for hydroxylation is 2. The summed E-state index contributed by atoms with van der Waals surface area (Å²) in [6.45, 7) is 4.40. The maximum absolute atomic E-state index is 13.0. The molecule has 1 amide bonds. The van der Waals surface area contributed by atoms with E-state index in [0.717, 1.165) is 16.9 Å². The molecule has 7 nitrogen and oxygen atoms in total. The van der Waals surface area contributed by atoms with Gasteiger partial charge in [0.05, 0.1) is 26.5 Å². The van der Waals surface area contributed by atoms with Crippen molar-refractivity contribution in [3.63, 3.8) is 0 Å². The lowest BCUT2D eigenvalue weighted by Crippen LogP contribution is -2.36. The fourth-order valence-corrected chi connectivity index (χ4v) is 2.84. The first-order valence-corrected chi connectivity index (χ1v) is 9.81. The lowest BCUT2D eigenvalue weighted by atomic mass is 10.1. The highest BCUT2D eigenvalue weighted by Crippen LogP contribution is 2.22. The number of rotatable bonds is 6. The normalized spacial score (nSPS) is 11.0. The number of benzene rings is 2. The molecule has 1 aromatic heterocycles. The quantitative estimate of drug-likeness (QED) is 0.465. The number of guanidine groups is 1. The molecule has 0 radical (unpaired) electrons. The Labute approximate surface area is 182 Å². The number of nitrogens with zero attached hydrogens (tertiary/aromatic N) is 2. The Bertz CT molecular complexity index is 1060. The van der Waals surface area contributed by atoms with Crippen LogP contribution < -0.4 is 20.1 Å². The van der Waals surface area contributed by atoms with E-state index in [1.54, 1.807) is 24.4 Å². The topological polar surface area (TPSA) is 84.8 Å². The molecule has 0 aliphatic heterocycles. The number of carbonyl (C=O) groups is 1. The molecule has 0 saturated carbocycles. The van der Waals surface area contributed by atoms with E-state index in [-0.39, 0.29) is 5.91 Å². The van der Waals surface area contributed by atoms with Crippen LogP contribution in [0.5, 0.6) is 11.5 Å². The maximum Gasteiger partial charge on any atom is 0.258 e. The van der Waals surface area contributed by atoms with Gasteiger partial charge in [-0.1, -0.05) is 12.1 Å². The number of ether oxygens (including phenoxy) is 2. The van der Waals surface area contributed by atoms with Gasteiger partial charge in [0, 0.05) is 23.5 Å². The number of hydrogen-bond donors (Lipinski definition) is 2. The third-order valence-electron chi connectivity index (χ3n) is 4.74. The predicted octanol–water partition coefficient (Wildman–Crippen LogP) is 4.11. The number of methoxy groups -OCH3 is 2. The monoisotopic (exact) mass is 418 g/mol. The minimum atomic E-state index is -0.340. The van der Waals surface area contributed by atoms with Gasteiger partial charge in [-0.2, -0.15) is 0 Å². The minimum Gasteiger partial charge on any atom is -0.497 e. The van der Waals surface area contributed by atoms with Crippen molar-refractivity contribution in [1.29, 1.82) is 0 Å². The van der Waals surface area contributed by atoms with E-state index in [9.17, 15) is 4.79 Å². The summed E-state index contributed by atoms with van der Waals surface area (Å²) >= 11 is 0. The van der Waals surface area contributed by atoms with E-state index in [4.69, 9.17) is 9.47 Å². The van der Waals surface area contributed by atoms with Crippen molar-refractivity contribution in [3.05, 3.63) is 83.2 Å². The number of aliphatic imine (C=N–C) groups is 1. The van der Waals surface area contributed by atoms with E-state index in [2.05, 4.69) is 20.6 Å². The molecule has 31 heavy (non-hydrogen) atoms. The Hall–Kier alpha value is -3.87. The van der Waals surface area contributed by atoms with Crippen molar-refractivity contribution in [1.82, 2.24) is 10.3 Å². The molecule has 0 atom stereocenters. The zero-order valence-corrected chi connectivity index (χ0v) is 18.1. The molecule has 0 fully saturated rings. The molecule has 0 unspecified atom stereocenters. The van der Waals surface area contributed by atoms with Crippen LogP contribution in [0.2, 0.25) is 0 Å². The highest BCUT2D eigenvalue weighted by atomic mass is 16.5. The summed E-state index contributed by atoms with van der Waals surface area (Å²) in [5, 5.41) is 6.05. The molecule has 2 aromatic carbocycles. The van der Waals surface area contributed by atoms with Crippen molar-refractivity contribution >= 4 is 17.6 Å². The van der Waals surface area contributed by atoms with Gasteiger partial charge in [-0.05, 0) is 61.4 Å². The number of anilines is 1. The molecule has 2 N–H and O–H groups in total. The minimum absolute atomic E-state index is 0.315. The van der Waals surface area contributed by atoms with Crippen molar-refractivity contribution in [2.45, 2.75) is 20.4 Å². The Morgan fingerprint density at radius 2 is 1.71 bits per heavy atom. The van der Waals surface area contributed by atoms with Crippen LogP contribution in [0.25, 0.3) is 0 Å². The summed E-state index contributed by atoms with van der Waals surface area (Å²) in [7, 11) is 3.08. The van der Waals surface area contributed by atoms with E-state index in [0.29, 0.717) is 29.6 Å². The standard InChI is InChI=1S/C24H26N4O3/c1-16-8-9-19(11-17(16)2)27-24(26-15-20-7-5-6-10-25-20)28-23(29)18-12-21(30-3)14-22(13-18)31-4/h5-14H,15H2,1-4H3,(H2,26,27,28,29). The molecule has 0 saturated heterocycles. The molecule has 0 aliphatic carbocycles. The van der Waals surface area contributed by atoms with Crippen molar-refractivity contribution in [2.75, 3.05) is 19.5 Å². The van der Waals surface area contributed by atoms with E-state index in [1.807, 2.05) is 50.2 Å². The van der Waals surface area contributed by atoms with Crippen LogP contribution in [0.4, 0.5) is 5.69 Å². The summed E-state index contributed by atoms with van der Waals surface area (Å²) < 4.78 is 10.5. The smallest absolute Gasteiger partial charge is 0.258 e. The van der Waals surface area contributed by atoms with E-state index >= 15 is 0 Å². The van der Waals surface area contributed by atoms with Crippen molar-refractivity contribution in [2.24, 2.45) is 4.99 Å². The number of aromatic nitrogens is 1. The van der Waals surface area contributed by atoms with Crippen molar-refractivity contribution in [3.8, 4) is 11.5 Å². The Morgan fingerprint density at radius 1 is 0.968 bits per heavy atom. The van der Waals surface area contributed by atoms with Gasteiger partial charge < -0.3 is 14.8 Å². The Morgan fingerprint density at radius 3 is 2.32 bits per heavy atom. The molecule has 160 valence electrons. The lowest BCUT2D eigenvalue weighted by Gasteiger charge is -2.14. The Kier molecular flexibility index (Phi) is 7.22. The van der Waals surface area contributed by atoms with Gasteiger partial charge in [0.2, 0.25) is 5.96 Å². The van der Waals surface area contributed by atoms with Crippen LogP contribution in [-0.4, -0.2) is 31.1 Å². The number of amides is 1. The second-order valence-electron chi connectivity index (χ2n) is 6.97. The third-order valence-corrected chi connectivity index (χ3v) is 4.74. The molecule has 7 heteroatoms. The zero-order valence-electron chi connectivity index (χ0n) is 18.1.